The zero-order chi connectivity index (χ0) is 20.1. The average molecular weight is 389 g/mol. The second kappa shape index (κ2) is 9.39. The summed E-state index contributed by atoms with van der Waals surface area (Å²) in [7, 11) is 0. The number of benzene rings is 1. The maximum Gasteiger partial charge on any atom is 0.315 e. The van der Waals surface area contributed by atoms with Gasteiger partial charge in [-0.15, -0.1) is 0 Å². The Kier molecular flexibility index (Phi) is 6.91. The van der Waals surface area contributed by atoms with E-state index in [0.29, 0.717) is 12.8 Å². The molecule has 7 nitrogen and oxygen atoms in total. The predicted molar refractivity (Wildman–Crippen MR) is 106 cm³/mol. The number of fused-ring (bicyclic) bond motifs is 1. The molecule has 0 radical (unpaired) electrons. The van der Waals surface area contributed by atoms with Crippen LogP contribution >= 0.6 is 0 Å². The summed E-state index contributed by atoms with van der Waals surface area (Å²) < 4.78 is 5.90. The SMILES string of the molecule is CC(C)NC(=O)N[C@@H]1CC[C@H](CC(=O)NC2Cc3ccccc3C2)O[C@@H]1CO. The highest BCUT2D eigenvalue weighted by Gasteiger charge is 2.33. The van der Waals surface area contributed by atoms with Gasteiger partial charge in [-0.1, -0.05) is 24.3 Å². The predicted octanol–water partition coefficient (Wildman–Crippen LogP) is 1.28. The van der Waals surface area contributed by atoms with Gasteiger partial charge in [0.2, 0.25) is 5.91 Å². The van der Waals surface area contributed by atoms with Crippen molar-refractivity contribution in [2.75, 3.05) is 6.61 Å². The van der Waals surface area contributed by atoms with Crippen LogP contribution in [0.15, 0.2) is 24.3 Å². The summed E-state index contributed by atoms with van der Waals surface area (Å²) in [6.07, 6.45) is 2.60. The molecule has 0 aromatic heterocycles. The summed E-state index contributed by atoms with van der Waals surface area (Å²) in [6.45, 7) is 3.58. The van der Waals surface area contributed by atoms with E-state index in [0.717, 1.165) is 12.8 Å². The fraction of sp³-hybridized carbons (Fsp3) is 0.619. The molecule has 154 valence electrons. The van der Waals surface area contributed by atoms with Gasteiger partial charge in [-0.25, -0.2) is 4.79 Å². The van der Waals surface area contributed by atoms with Gasteiger partial charge >= 0.3 is 6.03 Å². The summed E-state index contributed by atoms with van der Waals surface area (Å²) in [6, 6.07) is 7.93. The number of aliphatic hydroxyl groups is 1. The first-order valence-corrected chi connectivity index (χ1v) is 10.1. The van der Waals surface area contributed by atoms with Crippen molar-refractivity contribution in [1.82, 2.24) is 16.0 Å². The van der Waals surface area contributed by atoms with Crippen LogP contribution in [0.2, 0.25) is 0 Å². The molecule has 1 fully saturated rings. The second-order valence-corrected chi connectivity index (χ2v) is 8.08. The van der Waals surface area contributed by atoms with E-state index in [1.807, 2.05) is 26.0 Å². The van der Waals surface area contributed by atoms with Crippen LogP contribution in [0, 0.1) is 0 Å². The van der Waals surface area contributed by atoms with Gasteiger partial charge in [-0.2, -0.15) is 0 Å². The van der Waals surface area contributed by atoms with Gasteiger partial charge in [0.1, 0.15) is 6.10 Å². The highest BCUT2D eigenvalue weighted by molar-refractivity contribution is 5.77. The van der Waals surface area contributed by atoms with E-state index in [1.165, 1.54) is 11.1 Å². The van der Waals surface area contributed by atoms with Gasteiger partial charge in [-0.3, -0.25) is 4.79 Å². The number of carbonyl (C=O) groups is 2. The van der Waals surface area contributed by atoms with E-state index in [2.05, 4.69) is 28.1 Å². The number of aliphatic hydroxyl groups excluding tert-OH is 1. The van der Waals surface area contributed by atoms with Gasteiger partial charge in [0.25, 0.3) is 0 Å². The van der Waals surface area contributed by atoms with E-state index >= 15 is 0 Å². The molecule has 2 aliphatic rings. The van der Waals surface area contributed by atoms with Crippen molar-refractivity contribution >= 4 is 11.9 Å². The molecule has 1 aliphatic heterocycles. The van der Waals surface area contributed by atoms with Crippen LogP contribution in [0.25, 0.3) is 0 Å². The molecular weight excluding hydrogens is 358 g/mol. The second-order valence-electron chi connectivity index (χ2n) is 8.08. The standard InChI is InChI=1S/C21H31N3O4/c1-13(2)22-21(27)24-18-8-7-17(28-19(18)12-25)11-20(26)23-16-9-14-5-3-4-6-15(14)10-16/h3-6,13,16-19,25H,7-12H2,1-2H3,(H,23,26)(H2,22,24,27)/t17-,18-,19-/m1/s1. The molecule has 4 N–H and O–H groups in total. The van der Waals surface area contributed by atoms with Crippen molar-refractivity contribution in [2.24, 2.45) is 0 Å². The molecule has 0 saturated carbocycles. The Balaban J connectivity index is 1.44. The van der Waals surface area contributed by atoms with Crippen molar-refractivity contribution in [3.8, 4) is 0 Å². The normalized spacial score (nSPS) is 24.6. The van der Waals surface area contributed by atoms with Crippen molar-refractivity contribution in [2.45, 2.75) is 76.3 Å². The maximum atomic E-state index is 12.5. The summed E-state index contributed by atoms with van der Waals surface area (Å²) in [5, 5.41) is 18.4. The average Bonchev–Trinajstić information content (AvgIpc) is 3.04. The fourth-order valence-electron chi connectivity index (χ4n) is 4.07. The number of hydrogen-bond acceptors (Lipinski definition) is 4. The number of carbonyl (C=O) groups excluding carboxylic acids is 2. The minimum atomic E-state index is -0.500. The minimum Gasteiger partial charge on any atom is -0.394 e. The highest BCUT2D eigenvalue weighted by atomic mass is 16.5. The fourth-order valence-corrected chi connectivity index (χ4v) is 4.07. The molecular formula is C21H31N3O4. The minimum absolute atomic E-state index is 0.0246. The quantitative estimate of drug-likeness (QED) is 0.589. The summed E-state index contributed by atoms with van der Waals surface area (Å²) in [5.74, 6) is -0.0246. The van der Waals surface area contributed by atoms with Crippen molar-refractivity contribution in [3.05, 3.63) is 35.4 Å². The highest BCUT2D eigenvalue weighted by Crippen LogP contribution is 2.24. The Labute approximate surface area is 166 Å². The van der Waals surface area contributed by atoms with Crippen LogP contribution in [0.3, 0.4) is 0 Å². The summed E-state index contributed by atoms with van der Waals surface area (Å²) in [4.78, 5) is 24.4. The van der Waals surface area contributed by atoms with Crippen LogP contribution in [0.4, 0.5) is 4.79 Å². The molecule has 1 aromatic rings. The number of hydrogen-bond donors (Lipinski definition) is 4. The van der Waals surface area contributed by atoms with Gasteiger partial charge in [-0.05, 0) is 50.7 Å². The lowest BCUT2D eigenvalue weighted by atomic mass is 9.97. The van der Waals surface area contributed by atoms with Crippen molar-refractivity contribution in [1.29, 1.82) is 0 Å². The zero-order valence-corrected chi connectivity index (χ0v) is 16.6. The van der Waals surface area contributed by atoms with Crippen LogP contribution in [-0.2, 0) is 22.4 Å². The van der Waals surface area contributed by atoms with Crippen molar-refractivity contribution in [3.63, 3.8) is 0 Å². The molecule has 1 aliphatic carbocycles. The molecule has 0 unspecified atom stereocenters. The maximum absolute atomic E-state index is 12.5. The number of urea groups is 1. The van der Waals surface area contributed by atoms with E-state index in [4.69, 9.17) is 4.74 Å². The molecule has 1 saturated heterocycles. The third kappa shape index (κ3) is 5.45. The molecule has 3 amide bonds. The van der Waals surface area contributed by atoms with E-state index < -0.39 is 6.10 Å². The molecule has 3 atom stereocenters. The molecule has 28 heavy (non-hydrogen) atoms. The Bertz CT molecular complexity index is 669. The van der Waals surface area contributed by atoms with Gasteiger partial charge in [0.05, 0.1) is 25.2 Å². The van der Waals surface area contributed by atoms with Crippen LogP contribution in [0.1, 0.15) is 44.2 Å². The molecule has 3 rings (SSSR count). The summed E-state index contributed by atoms with van der Waals surface area (Å²) in [5.41, 5.74) is 2.60. The lowest BCUT2D eigenvalue weighted by molar-refractivity contribution is -0.131. The van der Waals surface area contributed by atoms with Crippen molar-refractivity contribution < 1.29 is 19.4 Å². The largest absolute Gasteiger partial charge is 0.394 e. The number of amides is 3. The lowest BCUT2D eigenvalue weighted by Gasteiger charge is -2.36. The Hall–Kier alpha value is -2.12. The molecule has 0 spiro atoms. The molecule has 1 heterocycles. The number of nitrogens with one attached hydrogen (secondary N) is 3. The molecule has 0 bridgehead atoms. The first-order chi connectivity index (χ1) is 13.4. The van der Waals surface area contributed by atoms with Crippen LogP contribution in [-0.4, -0.2) is 54.0 Å². The first-order valence-electron chi connectivity index (χ1n) is 10.1. The summed E-state index contributed by atoms with van der Waals surface area (Å²) >= 11 is 0. The Morgan fingerprint density at radius 1 is 1.14 bits per heavy atom. The van der Waals surface area contributed by atoms with E-state index in [-0.39, 0.29) is 49.2 Å². The van der Waals surface area contributed by atoms with Gasteiger partial charge in [0.15, 0.2) is 0 Å². The molecule has 7 heteroatoms. The van der Waals surface area contributed by atoms with E-state index in [9.17, 15) is 14.7 Å². The lowest BCUT2D eigenvalue weighted by Crippen LogP contribution is -2.54. The third-order valence-electron chi connectivity index (χ3n) is 5.36. The van der Waals surface area contributed by atoms with Gasteiger partial charge in [0, 0.05) is 12.1 Å². The zero-order valence-electron chi connectivity index (χ0n) is 16.6. The number of rotatable bonds is 6. The van der Waals surface area contributed by atoms with Crippen LogP contribution < -0.4 is 16.0 Å². The Morgan fingerprint density at radius 3 is 2.43 bits per heavy atom. The van der Waals surface area contributed by atoms with E-state index in [1.54, 1.807) is 0 Å². The first kappa shape index (κ1) is 20.6. The van der Waals surface area contributed by atoms with Crippen LogP contribution in [0.5, 0.6) is 0 Å². The third-order valence-corrected chi connectivity index (χ3v) is 5.36. The van der Waals surface area contributed by atoms with Gasteiger partial charge < -0.3 is 25.8 Å². The molecule has 1 aromatic carbocycles. The monoisotopic (exact) mass is 389 g/mol. The number of ether oxygens (including phenoxy) is 1. The smallest absolute Gasteiger partial charge is 0.315 e. The topological polar surface area (TPSA) is 99.7 Å². The Morgan fingerprint density at radius 2 is 1.82 bits per heavy atom.